The minimum Gasteiger partial charge on any atom is -0.330 e. The molecule has 0 unspecified atom stereocenters. The zero-order chi connectivity index (χ0) is 21.4. The second-order valence-electron chi connectivity index (χ2n) is 7.41. The first kappa shape index (κ1) is 20.5. The maximum absolute atomic E-state index is 6.42. The molecule has 0 bridgehead atoms. The smallest absolute Gasteiger partial charge is 0.0736 e. The van der Waals surface area contributed by atoms with E-state index >= 15 is 0 Å². The van der Waals surface area contributed by atoms with Gasteiger partial charge >= 0.3 is 0 Å². The summed E-state index contributed by atoms with van der Waals surface area (Å²) in [7, 11) is 0. The molecule has 0 aromatic heterocycles. The first-order chi connectivity index (χ1) is 15.2. The summed E-state index contributed by atoms with van der Waals surface area (Å²) < 4.78 is 0. The molecule has 5 heteroatoms. The summed E-state index contributed by atoms with van der Waals surface area (Å²) in [4.78, 5) is 3.57. The Labute approximate surface area is 196 Å². The number of benzene rings is 4. The molecule has 0 radical (unpaired) electrons. The van der Waals surface area contributed by atoms with E-state index in [-0.39, 0.29) is 0 Å². The van der Waals surface area contributed by atoms with Crippen LogP contribution in [0.2, 0.25) is 10.0 Å². The molecule has 0 saturated heterocycles. The molecule has 1 heterocycles. The van der Waals surface area contributed by atoms with Gasteiger partial charge < -0.3 is 10.6 Å². The van der Waals surface area contributed by atoms with Crippen LogP contribution < -0.4 is 10.6 Å². The molecular formula is C26H20Cl2N2S. The monoisotopic (exact) mass is 462 g/mol. The molecule has 2 nitrogen and oxygen atoms in total. The van der Waals surface area contributed by atoms with Crippen LogP contribution in [-0.4, -0.2) is 5.88 Å². The van der Waals surface area contributed by atoms with Crippen molar-refractivity contribution in [1.29, 1.82) is 0 Å². The predicted octanol–water partition coefficient (Wildman–Crippen LogP) is 7.64. The lowest BCUT2D eigenvalue weighted by atomic mass is 10.0. The van der Waals surface area contributed by atoms with Crippen LogP contribution >= 0.6 is 35.0 Å². The second kappa shape index (κ2) is 8.60. The van der Waals surface area contributed by atoms with E-state index in [0.717, 1.165) is 28.4 Å². The number of anilines is 1. The average molecular weight is 463 g/mol. The van der Waals surface area contributed by atoms with Crippen molar-refractivity contribution in [2.45, 2.75) is 6.54 Å². The number of hydrogen-bond acceptors (Lipinski definition) is 3. The highest BCUT2D eigenvalue weighted by atomic mass is 35.5. The zero-order valence-electron chi connectivity index (χ0n) is 16.7. The van der Waals surface area contributed by atoms with E-state index in [1.807, 2.05) is 30.0 Å². The molecule has 0 saturated carbocycles. The molecule has 4 aromatic carbocycles. The van der Waals surface area contributed by atoms with E-state index in [2.05, 4.69) is 71.6 Å². The third-order valence-electron chi connectivity index (χ3n) is 5.53. The number of rotatable bonds is 4. The molecule has 5 rings (SSSR count). The SMILES string of the molecule is NCc1ccc(N2CSC(c3cccc4ccccc34)=C2c2ccc(Cl)c(Cl)c2)cc1. The lowest BCUT2D eigenvalue weighted by molar-refractivity contribution is 1.07. The van der Waals surface area contributed by atoms with E-state index < -0.39 is 0 Å². The van der Waals surface area contributed by atoms with Gasteiger partial charge in [-0.3, -0.25) is 0 Å². The lowest BCUT2D eigenvalue weighted by Crippen LogP contribution is -2.17. The van der Waals surface area contributed by atoms with Crippen molar-refractivity contribution in [1.82, 2.24) is 0 Å². The molecule has 0 atom stereocenters. The number of fused-ring (bicyclic) bond motifs is 1. The molecule has 1 aliphatic rings. The summed E-state index contributed by atoms with van der Waals surface area (Å²) in [5.41, 5.74) is 11.5. The molecular weight excluding hydrogens is 443 g/mol. The third kappa shape index (κ3) is 3.83. The van der Waals surface area contributed by atoms with Gasteiger partial charge in [0.2, 0.25) is 0 Å². The van der Waals surface area contributed by atoms with Gasteiger partial charge in [-0.15, -0.1) is 11.8 Å². The van der Waals surface area contributed by atoms with Crippen LogP contribution in [0.15, 0.2) is 84.9 Å². The van der Waals surface area contributed by atoms with Crippen molar-refractivity contribution in [3.8, 4) is 0 Å². The van der Waals surface area contributed by atoms with Crippen molar-refractivity contribution < 1.29 is 0 Å². The molecule has 31 heavy (non-hydrogen) atoms. The Kier molecular flexibility index (Phi) is 5.68. The van der Waals surface area contributed by atoms with Gasteiger partial charge in [-0.1, -0.05) is 83.9 Å². The fourth-order valence-electron chi connectivity index (χ4n) is 3.96. The van der Waals surface area contributed by atoms with Crippen LogP contribution in [0.1, 0.15) is 16.7 Å². The highest BCUT2D eigenvalue weighted by Gasteiger charge is 2.28. The molecule has 1 aliphatic heterocycles. The van der Waals surface area contributed by atoms with Crippen molar-refractivity contribution in [2.75, 3.05) is 10.8 Å². The van der Waals surface area contributed by atoms with E-state index in [1.165, 1.54) is 21.2 Å². The molecule has 0 spiro atoms. The Morgan fingerprint density at radius 3 is 2.39 bits per heavy atom. The molecule has 0 amide bonds. The molecule has 0 aliphatic carbocycles. The first-order valence-electron chi connectivity index (χ1n) is 10.0. The van der Waals surface area contributed by atoms with Gasteiger partial charge in [0.15, 0.2) is 0 Å². The minimum absolute atomic E-state index is 0.534. The number of hydrogen-bond donors (Lipinski definition) is 1. The highest BCUT2D eigenvalue weighted by molar-refractivity contribution is 8.09. The van der Waals surface area contributed by atoms with Gasteiger partial charge in [0.25, 0.3) is 0 Å². The Morgan fingerprint density at radius 2 is 1.61 bits per heavy atom. The fourth-order valence-corrected chi connectivity index (χ4v) is 5.49. The Hall–Kier alpha value is -2.43. The average Bonchev–Trinajstić information content (AvgIpc) is 3.25. The topological polar surface area (TPSA) is 29.3 Å². The van der Waals surface area contributed by atoms with Gasteiger partial charge in [0, 0.05) is 22.7 Å². The third-order valence-corrected chi connectivity index (χ3v) is 7.36. The van der Waals surface area contributed by atoms with Gasteiger partial charge in [-0.2, -0.15) is 0 Å². The largest absolute Gasteiger partial charge is 0.330 e. The van der Waals surface area contributed by atoms with E-state index in [1.54, 1.807) is 0 Å². The maximum atomic E-state index is 6.42. The van der Waals surface area contributed by atoms with Crippen LogP contribution in [0.25, 0.3) is 21.4 Å². The van der Waals surface area contributed by atoms with E-state index in [0.29, 0.717) is 16.6 Å². The predicted molar refractivity (Wildman–Crippen MR) is 136 cm³/mol. The first-order valence-corrected chi connectivity index (χ1v) is 11.8. The van der Waals surface area contributed by atoms with Crippen LogP contribution in [0.4, 0.5) is 5.69 Å². The molecule has 2 N–H and O–H groups in total. The van der Waals surface area contributed by atoms with E-state index in [9.17, 15) is 0 Å². The van der Waals surface area contributed by atoms with Gasteiger partial charge in [0.05, 0.1) is 21.6 Å². The number of halogens is 2. The Balaban J connectivity index is 1.73. The summed E-state index contributed by atoms with van der Waals surface area (Å²) in [5.74, 6) is 0.816. The Morgan fingerprint density at radius 1 is 0.839 bits per heavy atom. The van der Waals surface area contributed by atoms with Crippen LogP contribution in [0.5, 0.6) is 0 Å². The summed E-state index contributed by atoms with van der Waals surface area (Å²) in [5, 5.41) is 3.58. The van der Waals surface area contributed by atoms with Crippen LogP contribution in [0, 0.1) is 0 Å². The Bertz CT molecular complexity index is 1290. The standard InChI is InChI=1S/C26H20Cl2N2S/c27-23-13-10-19(14-24(23)28)25-26(22-7-3-5-18-4-1-2-6-21(18)22)31-16-30(25)20-11-8-17(15-29)9-12-20/h1-14H,15-16,29H2. The highest BCUT2D eigenvalue weighted by Crippen LogP contribution is 2.48. The van der Waals surface area contributed by atoms with Crippen LogP contribution in [0.3, 0.4) is 0 Å². The molecule has 0 fully saturated rings. The quantitative estimate of drug-likeness (QED) is 0.337. The van der Waals surface area contributed by atoms with E-state index in [4.69, 9.17) is 28.9 Å². The second-order valence-corrected chi connectivity index (χ2v) is 9.17. The number of nitrogens with zero attached hydrogens (tertiary/aromatic N) is 1. The van der Waals surface area contributed by atoms with Gasteiger partial charge in [-0.25, -0.2) is 0 Å². The normalized spacial score (nSPS) is 14.0. The van der Waals surface area contributed by atoms with Gasteiger partial charge in [0.1, 0.15) is 0 Å². The zero-order valence-corrected chi connectivity index (χ0v) is 19.0. The number of thioether (sulfide) groups is 1. The summed E-state index contributed by atoms with van der Waals surface area (Å²) in [6, 6.07) is 29.3. The minimum atomic E-state index is 0.534. The van der Waals surface area contributed by atoms with Crippen molar-refractivity contribution in [3.05, 3.63) is 112 Å². The lowest BCUT2D eigenvalue weighted by Gasteiger charge is -2.23. The molecule has 154 valence electrons. The van der Waals surface area contributed by atoms with Gasteiger partial charge in [-0.05, 0) is 46.2 Å². The summed E-state index contributed by atoms with van der Waals surface area (Å²) in [6.45, 7) is 0.534. The maximum Gasteiger partial charge on any atom is 0.0736 e. The van der Waals surface area contributed by atoms with Crippen molar-refractivity contribution in [3.63, 3.8) is 0 Å². The fraction of sp³-hybridized carbons (Fsp3) is 0.0769. The van der Waals surface area contributed by atoms with Crippen molar-refractivity contribution >= 4 is 62.0 Å². The summed E-state index contributed by atoms with van der Waals surface area (Å²) in [6.07, 6.45) is 0. The number of nitrogens with two attached hydrogens (primary N) is 1. The van der Waals surface area contributed by atoms with Crippen molar-refractivity contribution in [2.24, 2.45) is 5.73 Å². The summed E-state index contributed by atoms with van der Waals surface area (Å²) >= 11 is 14.5. The van der Waals surface area contributed by atoms with Crippen LogP contribution in [-0.2, 0) is 6.54 Å². The molecule has 4 aromatic rings.